The van der Waals surface area contributed by atoms with Crippen molar-refractivity contribution in [2.45, 2.75) is 62.3 Å². The van der Waals surface area contributed by atoms with E-state index in [0.29, 0.717) is 6.04 Å². The Kier molecular flexibility index (Phi) is 7.42. The summed E-state index contributed by atoms with van der Waals surface area (Å²) in [7, 11) is 0. The van der Waals surface area contributed by atoms with Crippen molar-refractivity contribution in [2.75, 3.05) is 12.8 Å². The molecule has 1 aliphatic carbocycles. The molecule has 0 radical (unpaired) electrons. The average Bonchev–Trinajstić information content (AvgIpc) is 2.40. The standard InChI is InChI=1S/C13H24N2OS.ClH/c1-17-11-6-4-5-10(9-11)15-13(16)12-7-2-3-8-14-12;/h10-12,14H,2-9H2,1H3,(H,15,16);1H/t10?,11?,12-;/m0./s1. The number of piperidine rings is 1. The van der Waals surface area contributed by atoms with Gasteiger partial charge in [0.1, 0.15) is 0 Å². The van der Waals surface area contributed by atoms with Gasteiger partial charge in [-0.3, -0.25) is 4.79 Å². The number of amides is 1. The molecule has 3 nitrogen and oxygen atoms in total. The molecule has 1 amide bonds. The normalized spacial score (nSPS) is 32.4. The Morgan fingerprint density at radius 1 is 1.22 bits per heavy atom. The number of thioether (sulfide) groups is 1. The van der Waals surface area contributed by atoms with Crippen LogP contribution in [0, 0.1) is 0 Å². The lowest BCUT2D eigenvalue weighted by Gasteiger charge is -2.31. The monoisotopic (exact) mass is 292 g/mol. The van der Waals surface area contributed by atoms with Crippen LogP contribution in [0.5, 0.6) is 0 Å². The first-order valence-corrected chi connectivity index (χ1v) is 8.15. The molecule has 1 saturated carbocycles. The molecule has 2 rings (SSSR count). The lowest BCUT2D eigenvalue weighted by molar-refractivity contribution is -0.124. The first-order valence-electron chi connectivity index (χ1n) is 6.86. The molecular formula is C13H25ClN2OS. The fourth-order valence-electron chi connectivity index (χ4n) is 2.87. The molecule has 0 aromatic heterocycles. The summed E-state index contributed by atoms with van der Waals surface area (Å²) in [6, 6.07) is 0.482. The van der Waals surface area contributed by atoms with E-state index in [1.807, 2.05) is 11.8 Å². The smallest absolute Gasteiger partial charge is 0.237 e. The zero-order valence-corrected chi connectivity index (χ0v) is 12.7. The van der Waals surface area contributed by atoms with Gasteiger partial charge in [-0.05, 0) is 44.9 Å². The minimum Gasteiger partial charge on any atom is -0.352 e. The van der Waals surface area contributed by atoms with Crippen LogP contribution in [-0.4, -0.2) is 36.0 Å². The molecule has 2 N–H and O–H groups in total. The number of carbonyl (C=O) groups excluding carboxylic acids is 1. The molecule has 1 saturated heterocycles. The van der Waals surface area contributed by atoms with E-state index >= 15 is 0 Å². The second kappa shape index (κ2) is 8.28. The molecule has 1 heterocycles. The first kappa shape index (κ1) is 16.1. The zero-order chi connectivity index (χ0) is 12.1. The lowest BCUT2D eigenvalue weighted by atomic mass is 9.94. The SMILES string of the molecule is CSC1CCCC(NC(=O)[C@@H]2CCCCN2)C1.Cl. The van der Waals surface area contributed by atoms with Crippen LogP contribution in [0.15, 0.2) is 0 Å². The molecule has 106 valence electrons. The summed E-state index contributed by atoms with van der Waals surface area (Å²) in [5, 5.41) is 7.30. The number of nitrogens with one attached hydrogen (secondary N) is 2. The number of hydrogen-bond acceptors (Lipinski definition) is 3. The molecular weight excluding hydrogens is 268 g/mol. The van der Waals surface area contributed by atoms with Crippen LogP contribution < -0.4 is 10.6 Å². The number of carbonyl (C=O) groups is 1. The topological polar surface area (TPSA) is 41.1 Å². The van der Waals surface area contributed by atoms with E-state index in [4.69, 9.17) is 0 Å². The van der Waals surface area contributed by atoms with E-state index in [2.05, 4.69) is 16.9 Å². The van der Waals surface area contributed by atoms with Gasteiger partial charge < -0.3 is 10.6 Å². The van der Waals surface area contributed by atoms with Gasteiger partial charge in [-0.2, -0.15) is 11.8 Å². The highest BCUT2D eigenvalue weighted by atomic mass is 35.5. The highest BCUT2D eigenvalue weighted by Gasteiger charge is 2.26. The molecule has 2 aliphatic rings. The molecule has 3 atom stereocenters. The minimum atomic E-state index is 0. The fraction of sp³-hybridized carbons (Fsp3) is 0.923. The van der Waals surface area contributed by atoms with E-state index < -0.39 is 0 Å². The van der Waals surface area contributed by atoms with Crippen LogP contribution >= 0.6 is 24.2 Å². The van der Waals surface area contributed by atoms with Crippen molar-refractivity contribution in [1.82, 2.24) is 10.6 Å². The van der Waals surface area contributed by atoms with E-state index in [1.165, 1.54) is 25.7 Å². The molecule has 0 aromatic carbocycles. The van der Waals surface area contributed by atoms with Crippen LogP contribution in [0.3, 0.4) is 0 Å². The maximum absolute atomic E-state index is 12.1. The molecule has 2 unspecified atom stereocenters. The van der Waals surface area contributed by atoms with Gasteiger partial charge in [-0.15, -0.1) is 12.4 Å². The second-order valence-electron chi connectivity index (χ2n) is 5.23. The quantitative estimate of drug-likeness (QED) is 0.839. The predicted molar refractivity (Wildman–Crippen MR) is 80.6 cm³/mol. The van der Waals surface area contributed by atoms with E-state index in [9.17, 15) is 4.79 Å². The van der Waals surface area contributed by atoms with Crippen LogP contribution in [0.25, 0.3) is 0 Å². The highest BCUT2D eigenvalue weighted by molar-refractivity contribution is 7.99. The summed E-state index contributed by atoms with van der Waals surface area (Å²) < 4.78 is 0. The van der Waals surface area contributed by atoms with Crippen molar-refractivity contribution in [2.24, 2.45) is 0 Å². The van der Waals surface area contributed by atoms with Gasteiger partial charge >= 0.3 is 0 Å². The van der Waals surface area contributed by atoms with Gasteiger partial charge in [0.25, 0.3) is 0 Å². The second-order valence-corrected chi connectivity index (χ2v) is 6.37. The lowest BCUT2D eigenvalue weighted by Crippen LogP contribution is -2.50. The molecule has 18 heavy (non-hydrogen) atoms. The zero-order valence-electron chi connectivity index (χ0n) is 11.1. The van der Waals surface area contributed by atoms with Crippen molar-refractivity contribution in [3.05, 3.63) is 0 Å². The molecule has 1 aliphatic heterocycles. The third kappa shape index (κ3) is 4.63. The largest absolute Gasteiger partial charge is 0.352 e. The third-order valence-electron chi connectivity index (χ3n) is 3.93. The van der Waals surface area contributed by atoms with Crippen molar-refractivity contribution in [1.29, 1.82) is 0 Å². The number of rotatable bonds is 3. The van der Waals surface area contributed by atoms with E-state index in [0.717, 1.165) is 31.1 Å². The van der Waals surface area contributed by atoms with Crippen LogP contribution in [0.4, 0.5) is 0 Å². The van der Waals surface area contributed by atoms with Gasteiger partial charge in [-0.1, -0.05) is 12.8 Å². The maximum Gasteiger partial charge on any atom is 0.237 e. The Bertz CT molecular complexity index is 259. The molecule has 0 aromatic rings. The van der Waals surface area contributed by atoms with Crippen molar-refractivity contribution < 1.29 is 4.79 Å². The maximum atomic E-state index is 12.1. The van der Waals surface area contributed by atoms with Gasteiger partial charge in [0.05, 0.1) is 6.04 Å². The van der Waals surface area contributed by atoms with Crippen molar-refractivity contribution in [3.63, 3.8) is 0 Å². The summed E-state index contributed by atoms with van der Waals surface area (Å²) in [6.07, 6.45) is 10.5. The highest BCUT2D eigenvalue weighted by Crippen LogP contribution is 2.27. The van der Waals surface area contributed by atoms with Gasteiger partial charge in [0.2, 0.25) is 5.91 Å². The molecule has 2 fully saturated rings. The minimum absolute atomic E-state index is 0. The molecule has 0 spiro atoms. The summed E-state index contributed by atoms with van der Waals surface area (Å²) in [5.74, 6) is 0.233. The Hall–Kier alpha value is 0.0700. The number of halogens is 1. The average molecular weight is 293 g/mol. The third-order valence-corrected chi connectivity index (χ3v) is 5.03. The van der Waals surface area contributed by atoms with Crippen LogP contribution in [0.2, 0.25) is 0 Å². The fourth-order valence-corrected chi connectivity index (χ4v) is 3.69. The Morgan fingerprint density at radius 2 is 2.06 bits per heavy atom. The summed E-state index contributed by atoms with van der Waals surface area (Å²) in [4.78, 5) is 12.1. The number of hydrogen-bond donors (Lipinski definition) is 2. The molecule has 0 bridgehead atoms. The van der Waals surface area contributed by atoms with Gasteiger partial charge in [-0.25, -0.2) is 0 Å². The Labute approximate surface area is 121 Å². The predicted octanol–water partition coefficient (Wildman–Crippen LogP) is 2.34. The van der Waals surface area contributed by atoms with Gasteiger partial charge in [0.15, 0.2) is 0 Å². The Balaban J connectivity index is 0.00000162. The van der Waals surface area contributed by atoms with E-state index in [1.54, 1.807) is 0 Å². The van der Waals surface area contributed by atoms with Crippen LogP contribution in [0.1, 0.15) is 44.9 Å². The first-order chi connectivity index (χ1) is 8.29. The van der Waals surface area contributed by atoms with Crippen molar-refractivity contribution >= 4 is 30.1 Å². The summed E-state index contributed by atoms with van der Waals surface area (Å²) in [6.45, 7) is 0.996. The van der Waals surface area contributed by atoms with Gasteiger partial charge in [0, 0.05) is 11.3 Å². The van der Waals surface area contributed by atoms with Crippen LogP contribution in [-0.2, 0) is 4.79 Å². The Morgan fingerprint density at radius 3 is 2.72 bits per heavy atom. The summed E-state index contributed by atoms with van der Waals surface area (Å²) in [5.41, 5.74) is 0. The summed E-state index contributed by atoms with van der Waals surface area (Å²) >= 11 is 1.95. The molecule has 5 heteroatoms. The van der Waals surface area contributed by atoms with E-state index in [-0.39, 0.29) is 24.4 Å². The van der Waals surface area contributed by atoms with Crippen molar-refractivity contribution in [3.8, 4) is 0 Å².